The highest BCUT2D eigenvalue weighted by atomic mass is 35.5. The lowest BCUT2D eigenvalue weighted by Crippen LogP contribution is -2.36. The minimum absolute atomic E-state index is 0.00832. The highest BCUT2D eigenvalue weighted by Crippen LogP contribution is 2.29. The van der Waals surface area contributed by atoms with Crippen LogP contribution in [-0.2, 0) is 17.8 Å². The predicted molar refractivity (Wildman–Crippen MR) is 101 cm³/mol. The van der Waals surface area contributed by atoms with Gasteiger partial charge in [-0.05, 0) is 48.6 Å². The smallest absolute Gasteiger partial charge is 0.261 e. The minimum atomic E-state index is -0.267. The van der Waals surface area contributed by atoms with Gasteiger partial charge >= 0.3 is 0 Å². The molecule has 1 amide bonds. The molecule has 1 aromatic heterocycles. The zero-order chi connectivity index (χ0) is 18.1. The van der Waals surface area contributed by atoms with Crippen molar-refractivity contribution in [3.05, 3.63) is 75.3 Å². The van der Waals surface area contributed by atoms with Gasteiger partial charge in [-0.2, -0.15) is 0 Å². The van der Waals surface area contributed by atoms with Crippen LogP contribution in [0, 0.1) is 0 Å². The van der Waals surface area contributed by atoms with Crippen molar-refractivity contribution in [1.82, 2.24) is 14.9 Å². The first-order chi connectivity index (χ1) is 12.6. The molecule has 0 unspecified atom stereocenters. The quantitative estimate of drug-likeness (QED) is 0.772. The maximum atomic E-state index is 12.6. The summed E-state index contributed by atoms with van der Waals surface area (Å²) in [5.41, 5.74) is 2.75. The summed E-state index contributed by atoms with van der Waals surface area (Å²) in [5.74, 6) is -0.197. The molecule has 5 nitrogen and oxygen atoms in total. The molecule has 4 rings (SSSR count). The van der Waals surface area contributed by atoms with Crippen molar-refractivity contribution >= 4 is 28.4 Å². The summed E-state index contributed by atoms with van der Waals surface area (Å²) in [6.07, 6.45) is 4.39. The van der Waals surface area contributed by atoms with Crippen molar-refractivity contribution in [3.63, 3.8) is 0 Å². The Morgan fingerprint density at radius 2 is 2.12 bits per heavy atom. The average Bonchev–Trinajstić information content (AvgIpc) is 2.65. The number of nitrogens with one attached hydrogen (secondary N) is 1. The van der Waals surface area contributed by atoms with E-state index in [1.807, 2.05) is 12.1 Å². The van der Waals surface area contributed by atoms with Gasteiger partial charge in [0.05, 0.1) is 23.3 Å². The van der Waals surface area contributed by atoms with Gasteiger partial charge in [0.15, 0.2) is 0 Å². The molecule has 0 radical (unpaired) electrons. The first-order valence-electron chi connectivity index (χ1n) is 8.64. The summed E-state index contributed by atoms with van der Waals surface area (Å²) in [4.78, 5) is 29.4. The van der Waals surface area contributed by atoms with Gasteiger partial charge in [0.25, 0.3) is 5.56 Å². The first kappa shape index (κ1) is 16.8. The molecular formula is C20H18ClN3O2. The Morgan fingerprint density at radius 1 is 1.27 bits per heavy atom. The molecule has 1 aliphatic carbocycles. The van der Waals surface area contributed by atoms with E-state index in [0.29, 0.717) is 15.9 Å². The Hall–Kier alpha value is -2.66. The zero-order valence-corrected chi connectivity index (χ0v) is 14.9. The van der Waals surface area contributed by atoms with E-state index in [9.17, 15) is 9.59 Å². The molecule has 0 bridgehead atoms. The van der Waals surface area contributed by atoms with Crippen LogP contribution >= 0.6 is 11.6 Å². The number of aryl methyl sites for hydroxylation is 1. The van der Waals surface area contributed by atoms with E-state index in [2.05, 4.69) is 22.4 Å². The second-order valence-electron chi connectivity index (χ2n) is 6.55. The van der Waals surface area contributed by atoms with Gasteiger partial charge in [-0.1, -0.05) is 35.9 Å². The molecule has 0 fully saturated rings. The molecule has 3 aromatic rings. The van der Waals surface area contributed by atoms with Crippen molar-refractivity contribution in [2.24, 2.45) is 0 Å². The molecule has 26 heavy (non-hydrogen) atoms. The number of aromatic nitrogens is 2. The molecule has 1 heterocycles. The molecule has 1 aliphatic rings. The van der Waals surface area contributed by atoms with Crippen LogP contribution in [0.2, 0.25) is 5.02 Å². The molecule has 0 aliphatic heterocycles. The van der Waals surface area contributed by atoms with Crippen LogP contribution in [-0.4, -0.2) is 15.5 Å². The SMILES string of the molecule is O=C(Cn1cnc2ccc(Cl)cc2c1=O)N[C@H]1CCCc2ccccc21. The van der Waals surface area contributed by atoms with E-state index in [1.54, 1.807) is 18.2 Å². The summed E-state index contributed by atoms with van der Waals surface area (Å²) in [5, 5.41) is 3.94. The summed E-state index contributed by atoms with van der Waals surface area (Å²) in [7, 11) is 0. The largest absolute Gasteiger partial charge is 0.348 e. The highest BCUT2D eigenvalue weighted by Gasteiger charge is 2.21. The standard InChI is InChI=1S/C20H18ClN3O2/c21-14-8-9-17-16(10-14)20(26)24(12-22-17)11-19(25)23-18-7-3-5-13-4-1-2-6-15(13)18/h1-2,4,6,8-10,12,18H,3,5,7,11H2,(H,23,25)/t18-/m0/s1. The number of fused-ring (bicyclic) bond motifs is 2. The normalized spacial score (nSPS) is 16.3. The van der Waals surface area contributed by atoms with E-state index in [1.165, 1.54) is 22.0 Å². The van der Waals surface area contributed by atoms with Gasteiger partial charge < -0.3 is 5.32 Å². The molecule has 0 saturated heterocycles. The Balaban J connectivity index is 1.55. The van der Waals surface area contributed by atoms with Gasteiger partial charge in [-0.3, -0.25) is 14.2 Å². The fourth-order valence-electron chi connectivity index (χ4n) is 3.54. The topological polar surface area (TPSA) is 64.0 Å². The lowest BCUT2D eigenvalue weighted by Gasteiger charge is -2.26. The fourth-order valence-corrected chi connectivity index (χ4v) is 3.71. The molecule has 6 heteroatoms. The van der Waals surface area contributed by atoms with E-state index in [0.717, 1.165) is 19.3 Å². The third-order valence-corrected chi connectivity index (χ3v) is 5.04. The maximum absolute atomic E-state index is 12.6. The molecule has 0 saturated carbocycles. The van der Waals surface area contributed by atoms with Crippen molar-refractivity contribution < 1.29 is 4.79 Å². The summed E-state index contributed by atoms with van der Waals surface area (Å²) >= 11 is 5.97. The van der Waals surface area contributed by atoms with Gasteiger partial charge in [-0.25, -0.2) is 4.98 Å². The van der Waals surface area contributed by atoms with Crippen LogP contribution in [0.25, 0.3) is 10.9 Å². The molecule has 2 aromatic carbocycles. The first-order valence-corrected chi connectivity index (χ1v) is 9.01. The van der Waals surface area contributed by atoms with Crippen LogP contribution in [0.15, 0.2) is 53.6 Å². The van der Waals surface area contributed by atoms with Crippen LogP contribution in [0.5, 0.6) is 0 Å². The van der Waals surface area contributed by atoms with Crippen molar-refractivity contribution in [3.8, 4) is 0 Å². The van der Waals surface area contributed by atoms with Crippen molar-refractivity contribution in [2.45, 2.75) is 31.8 Å². The Bertz CT molecular complexity index is 1040. The highest BCUT2D eigenvalue weighted by molar-refractivity contribution is 6.31. The monoisotopic (exact) mass is 367 g/mol. The molecular weight excluding hydrogens is 350 g/mol. The third kappa shape index (κ3) is 3.22. The fraction of sp³-hybridized carbons (Fsp3) is 0.250. The van der Waals surface area contributed by atoms with Crippen LogP contribution in [0.1, 0.15) is 30.0 Å². The number of carbonyl (C=O) groups excluding carboxylic acids is 1. The van der Waals surface area contributed by atoms with Crippen LogP contribution < -0.4 is 10.9 Å². The van der Waals surface area contributed by atoms with Crippen LogP contribution in [0.3, 0.4) is 0 Å². The van der Waals surface area contributed by atoms with Gasteiger partial charge in [0, 0.05) is 5.02 Å². The Morgan fingerprint density at radius 3 is 3.00 bits per heavy atom. The van der Waals surface area contributed by atoms with Gasteiger partial charge in [0.2, 0.25) is 5.91 Å². The second kappa shape index (κ2) is 6.92. The number of benzene rings is 2. The number of halogens is 1. The number of hydrogen-bond donors (Lipinski definition) is 1. The summed E-state index contributed by atoms with van der Waals surface area (Å²) in [6, 6.07) is 13.1. The third-order valence-electron chi connectivity index (χ3n) is 4.80. The maximum Gasteiger partial charge on any atom is 0.261 e. The van der Waals surface area contributed by atoms with E-state index in [-0.39, 0.29) is 24.1 Å². The number of rotatable bonds is 3. The number of nitrogens with zero attached hydrogens (tertiary/aromatic N) is 2. The number of amides is 1. The minimum Gasteiger partial charge on any atom is -0.348 e. The molecule has 0 spiro atoms. The second-order valence-corrected chi connectivity index (χ2v) is 6.99. The van der Waals surface area contributed by atoms with Gasteiger partial charge in [0.1, 0.15) is 6.54 Å². The number of hydrogen-bond acceptors (Lipinski definition) is 3. The van der Waals surface area contributed by atoms with Crippen LogP contribution in [0.4, 0.5) is 0 Å². The van der Waals surface area contributed by atoms with Crippen molar-refractivity contribution in [1.29, 1.82) is 0 Å². The molecule has 132 valence electrons. The molecule has 1 N–H and O–H groups in total. The lowest BCUT2D eigenvalue weighted by molar-refractivity contribution is -0.122. The summed E-state index contributed by atoms with van der Waals surface area (Å²) < 4.78 is 1.32. The average molecular weight is 368 g/mol. The lowest BCUT2D eigenvalue weighted by atomic mass is 9.88. The van der Waals surface area contributed by atoms with E-state index < -0.39 is 0 Å². The number of carbonyl (C=O) groups is 1. The molecule has 1 atom stereocenters. The van der Waals surface area contributed by atoms with Gasteiger partial charge in [-0.15, -0.1) is 0 Å². The Kier molecular flexibility index (Phi) is 4.47. The van der Waals surface area contributed by atoms with Crippen molar-refractivity contribution in [2.75, 3.05) is 0 Å². The zero-order valence-electron chi connectivity index (χ0n) is 14.1. The predicted octanol–water partition coefficient (Wildman–Crippen LogP) is 3.24. The van der Waals surface area contributed by atoms with E-state index >= 15 is 0 Å². The Labute approximate surface area is 155 Å². The van der Waals surface area contributed by atoms with E-state index in [4.69, 9.17) is 11.6 Å². The summed E-state index contributed by atoms with van der Waals surface area (Å²) in [6.45, 7) is -0.0625.